The van der Waals surface area contributed by atoms with Gasteiger partial charge in [0.15, 0.2) is 0 Å². The smallest absolute Gasteiger partial charge is 0.393 e. The Morgan fingerprint density at radius 3 is 2.40 bits per heavy atom. The van der Waals surface area contributed by atoms with Gasteiger partial charge in [-0.3, -0.25) is 0 Å². The van der Waals surface area contributed by atoms with Crippen LogP contribution < -0.4 is 5.32 Å². The Labute approximate surface area is 117 Å². The maximum absolute atomic E-state index is 12.8. The lowest BCUT2D eigenvalue weighted by atomic mass is 9.87. The summed E-state index contributed by atoms with van der Waals surface area (Å²) in [5.41, 5.74) is -0.276. The molecule has 20 heavy (non-hydrogen) atoms. The van der Waals surface area contributed by atoms with Gasteiger partial charge in [0.1, 0.15) is 0 Å². The molecule has 1 aliphatic carbocycles. The summed E-state index contributed by atoms with van der Waals surface area (Å²) >= 11 is 0. The van der Waals surface area contributed by atoms with Crippen LogP contribution in [0.2, 0.25) is 0 Å². The zero-order valence-electron chi connectivity index (χ0n) is 11.3. The fourth-order valence-corrected chi connectivity index (χ4v) is 2.71. The first-order valence-electron chi connectivity index (χ1n) is 7.00. The lowest BCUT2D eigenvalue weighted by Crippen LogP contribution is -2.28. The largest absolute Gasteiger partial charge is 0.416 e. The molecule has 0 aliphatic heterocycles. The van der Waals surface area contributed by atoms with Crippen molar-refractivity contribution >= 4 is 0 Å². The highest BCUT2D eigenvalue weighted by atomic mass is 19.4. The zero-order chi connectivity index (χ0) is 14.6. The maximum Gasteiger partial charge on any atom is 0.416 e. The molecule has 1 aliphatic rings. The third-order valence-electron chi connectivity index (χ3n) is 3.89. The number of nitrogens with one attached hydrogen (secondary N) is 1. The van der Waals surface area contributed by atoms with E-state index >= 15 is 0 Å². The van der Waals surface area contributed by atoms with Gasteiger partial charge in [0.05, 0.1) is 11.7 Å². The van der Waals surface area contributed by atoms with Crippen molar-refractivity contribution in [3.8, 4) is 0 Å². The van der Waals surface area contributed by atoms with Crippen LogP contribution in [0.4, 0.5) is 13.2 Å². The van der Waals surface area contributed by atoms with Crippen molar-refractivity contribution in [3.63, 3.8) is 0 Å². The van der Waals surface area contributed by atoms with Gasteiger partial charge < -0.3 is 10.4 Å². The van der Waals surface area contributed by atoms with Gasteiger partial charge in [-0.15, -0.1) is 0 Å². The number of hydrogen-bond donors (Lipinski definition) is 2. The molecule has 0 aromatic heterocycles. The predicted octanol–water partition coefficient (Wildman–Crippen LogP) is 3.35. The maximum atomic E-state index is 12.8. The van der Waals surface area contributed by atoms with Gasteiger partial charge in [0.25, 0.3) is 0 Å². The first-order valence-corrected chi connectivity index (χ1v) is 7.00. The molecule has 0 spiro atoms. The molecule has 5 heteroatoms. The van der Waals surface area contributed by atoms with E-state index in [1.165, 1.54) is 12.1 Å². The minimum absolute atomic E-state index is 0.197. The summed E-state index contributed by atoms with van der Waals surface area (Å²) < 4.78 is 38.5. The number of halogens is 3. The highest BCUT2D eigenvalue weighted by Crippen LogP contribution is 2.31. The molecule has 0 amide bonds. The summed E-state index contributed by atoms with van der Waals surface area (Å²) in [5, 5.41) is 12.5. The predicted molar refractivity (Wildman–Crippen MR) is 71.1 cm³/mol. The van der Waals surface area contributed by atoms with E-state index in [4.69, 9.17) is 0 Å². The number of benzene rings is 1. The van der Waals surface area contributed by atoms with Gasteiger partial charge in [-0.1, -0.05) is 18.2 Å². The number of hydrogen-bond acceptors (Lipinski definition) is 2. The van der Waals surface area contributed by atoms with Crippen LogP contribution in [0, 0.1) is 5.92 Å². The quantitative estimate of drug-likeness (QED) is 0.890. The molecule has 2 N–H and O–H groups in total. The van der Waals surface area contributed by atoms with Crippen molar-refractivity contribution in [1.29, 1.82) is 0 Å². The molecule has 2 rings (SSSR count). The molecule has 1 fully saturated rings. The molecule has 1 aromatic rings. The monoisotopic (exact) mass is 287 g/mol. The van der Waals surface area contributed by atoms with E-state index in [0.29, 0.717) is 12.5 Å². The Hall–Kier alpha value is -1.07. The van der Waals surface area contributed by atoms with Crippen LogP contribution in [0.1, 0.15) is 36.8 Å². The van der Waals surface area contributed by atoms with Gasteiger partial charge in [0, 0.05) is 6.54 Å². The fraction of sp³-hybridized carbons (Fsp3) is 0.600. The lowest BCUT2D eigenvalue weighted by Gasteiger charge is -2.25. The summed E-state index contributed by atoms with van der Waals surface area (Å²) in [4.78, 5) is 0. The van der Waals surface area contributed by atoms with Gasteiger partial charge in [0.2, 0.25) is 0 Å². The van der Waals surface area contributed by atoms with Crippen molar-refractivity contribution in [2.45, 2.75) is 44.5 Å². The third-order valence-corrected chi connectivity index (χ3v) is 3.89. The summed E-state index contributed by atoms with van der Waals surface area (Å²) in [7, 11) is 0. The SMILES string of the molecule is OC1CCC(CNCc2ccccc2C(F)(F)F)CC1. The standard InChI is InChI=1S/C15H20F3NO/c16-15(17,18)14-4-2-1-3-12(14)10-19-9-11-5-7-13(20)8-6-11/h1-4,11,13,19-20H,5-10H2. The zero-order valence-corrected chi connectivity index (χ0v) is 11.3. The minimum Gasteiger partial charge on any atom is -0.393 e. The molecule has 1 saturated carbocycles. The van der Waals surface area contributed by atoms with Crippen LogP contribution in [0.25, 0.3) is 0 Å². The summed E-state index contributed by atoms with van der Waals surface area (Å²) in [6, 6.07) is 5.67. The van der Waals surface area contributed by atoms with Crippen LogP contribution in [-0.2, 0) is 12.7 Å². The van der Waals surface area contributed by atoms with E-state index in [1.54, 1.807) is 6.07 Å². The van der Waals surface area contributed by atoms with Gasteiger partial charge in [-0.05, 0) is 49.8 Å². The van der Waals surface area contributed by atoms with Gasteiger partial charge >= 0.3 is 6.18 Å². The molecule has 112 valence electrons. The molecule has 0 bridgehead atoms. The molecule has 0 atom stereocenters. The molecule has 0 radical (unpaired) electrons. The van der Waals surface area contributed by atoms with Crippen LogP contribution in [-0.4, -0.2) is 17.8 Å². The second-order valence-corrected chi connectivity index (χ2v) is 5.46. The fourth-order valence-electron chi connectivity index (χ4n) is 2.71. The Morgan fingerprint density at radius 2 is 1.75 bits per heavy atom. The lowest BCUT2D eigenvalue weighted by molar-refractivity contribution is -0.138. The van der Waals surface area contributed by atoms with Crippen molar-refractivity contribution < 1.29 is 18.3 Å². The number of aliphatic hydroxyl groups excluding tert-OH is 1. The van der Waals surface area contributed by atoms with E-state index in [2.05, 4.69) is 5.32 Å². The highest BCUT2D eigenvalue weighted by molar-refractivity contribution is 5.29. The van der Waals surface area contributed by atoms with E-state index < -0.39 is 11.7 Å². The number of aliphatic hydroxyl groups is 1. The third kappa shape index (κ3) is 4.21. The van der Waals surface area contributed by atoms with Crippen LogP contribution in [0.5, 0.6) is 0 Å². The van der Waals surface area contributed by atoms with Crippen molar-refractivity contribution in [3.05, 3.63) is 35.4 Å². The molecule has 2 nitrogen and oxygen atoms in total. The normalized spacial score (nSPS) is 23.8. The number of rotatable bonds is 4. The molecule has 1 aromatic carbocycles. The molecule has 0 heterocycles. The van der Waals surface area contributed by atoms with E-state index in [-0.39, 0.29) is 18.2 Å². The molecule has 0 saturated heterocycles. The van der Waals surface area contributed by atoms with Crippen molar-refractivity contribution in [1.82, 2.24) is 5.32 Å². The summed E-state index contributed by atoms with van der Waals surface area (Å²) in [6.07, 6.45) is -1.02. The topological polar surface area (TPSA) is 32.3 Å². The van der Waals surface area contributed by atoms with Gasteiger partial charge in [-0.25, -0.2) is 0 Å². The van der Waals surface area contributed by atoms with E-state index in [0.717, 1.165) is 31.7 Å². The second kappa shape index (κ2) is 6.59. The van der Waals surface area contributed by atoms with Crippen LogP contribution >= 0.6 is 0 Å². The average Bonchev–Trinajstić information content (AvgIpc) is 2.40. The minimum atomic E-state index is -4.30. The van der Waals surface area contributed by atoms with Gasteiger partial charge in [-0.2, -0.15) is 13.2 Å². The molecular weight excluding hydrogens is 267 g/mol. The highest BCUT2D eigenvalue weighted by Gasteiger charge is 2.32. The summed E-state index contributed by atoms with van der Waals surface area (Å²) in [6.45, 7) is 0.938. The Kier molecular flexibility index (Phi) is 5.05. The Balaban J connectivity index is 1.85. The van der Waals surface area contributed by atoms with Crippen LogP contribution in [0.15, 0.2) is 24.3 Å². The molecule has 0 unspecified atom stereocenters. The molecular formula is C15H20F3NO. The second-order valence-electron chi connectivity index (χ2n) is 5.46. The Bertz CT molecular complexity index is 425. The number of alkyl halides is 3. The average molecular weight is 287 g/mol. The van der Waals surface area contributed by atoms with E-state index in [1.807, 2.05) is 0 Å². The first kappa shape index (κ1) is 15.3. The van der Waals surface area contributed by atoms with Crippen molar-refractivity contribution in [2.24, 2.45) is 5.92 Å². The summed E-state index contributed by atoms with van der Waals surface area (Å²) in [5.74, 6) is 0.455. The van der Waals surface area contributed by atoms with Crippen LogP contribution in [0.3, 0.4) is 0 Å². The first-order chi connectivity index (χ1) is 9.47. The Morgan fingerprint density at radius 1 is 1.10 bits per heavy atom. The van der Waals surface area contributed by atoms with E-state index in [9.17, 15) is 18.3 Å². The van der Waals surface area contributed by atoms with Crippen molar-refractivity contribution in [2.75, 3.05) is 6.54 Å².